The molecular formula is C22H27N3O4S. The molecule has 0 radical (unpaired) electrons. The van der Waals surface area contributed by atoms with Gasteiger partial charge >= 0.3 is 0 Å². The lowest BCUT2D eigenvalue weighted by molar-refractivity contribution is 0.146. The summed E-state index contributed by atoms with van der Waals surface area (Å²) in [7, 11) is -2.05. The van der Waals surface area contributed by atoms with E-state index in [1.54, 1.807) is 19.2 Å². The largest absolute Gasteiger partial charge is 0.491 e. The second-order valence-electron chi connectivity index (χ2n) is 6.93. The van der Waals surface area contributed by atoms with Gasteiger partial charge in [0.1, 0.15) is 12.4 Å². The topological polar surface area (TPSA) is 82.4 Å². The Balaban J connectivity index is 1.67. The van der Waals surface area contributed by atoms with Crippen LogP contribution in [0.3, 0.4) is 0 Å². The summed E-state index contributed by atoms with van der Waals surface area (Å²) in [6.45, 7) is 5.55. The fraction of sp³-hybridized carbons (Fsp3) is 0.318. The Morgan fingerprint density at radius 3 is 2.37 bits per heavy atom. The summed E-state index contributed by atoms with van der Waals surface area (Å²) in [6, 6.07) is 16.4. The molecule has 2 aromatic carbocycles. The molecule has 0 aliphatic carbocycles. The molecule has 0 aliphatic heterocycles. The van der Waals surface area contributed by atoms with E-state index in [4.69, 9.17) is 9.47 Å². The molecule has 3 aromatic rings. The molecule has 1 N–H and O–H groups in total. The van der Waals surface area contributed by atoms with Gasteiger partial charge in [0.15, 0.2) is 0 Å². The van der Waals surface area contributed by atoms with E-state index in [0.29, 0.717) is 25.5 Å². The lowest BCUT2D eigenvalue weighted by Gasteiger charge is -2.10. The molecule has 0 spiro atoms. The summed E-state index contributed by atoms with van der Waals surface area (Å²) in [5, 5.41) is 4.58. The molecule has 0 saturated heterocycles. The number of rotatable bonds is 10. The van der Waals surface area contributed by atoms with Crippen LogP contribution in [0.25, 0.3) is 0 Å². The molecular weight excluding hydrogens is 402 g/mol. The van der Waals surface area contributed by atoms with Gasteiger partial charge in [-0.25, -0.2) is 13.1 Å². The quantitative estimate of drug-likeness (QED) is 0.501. The van der Waals surface area contributed by atoms with Crippen molar-refractivity contribution in [1.29, 1.82) is 0 Å². The van der Waals surface area contributed by atoms with Crippen molar-refractivity contribution < 1.29 is 17.9 Å². The van der Waals surface area contributed by atoms with Crippen molar-refractivity contribution in [2.75, 3.05) is 20.3 Å². The third-order valence-electron chi connectivity index (χ3n) is 4.84. The zero-order valence-electron chi connectivity index (χ0n) is 17.5. The van der Waals surface area contributed by atoms with Gasteiger partial charge in [-0.05, 0) is 43.7 Å². The molecule has 1 heterocycles. The summed E-state index contributed by atoms with van der Waals surface area (Å²) >= 11 is 0. The van der Waals surface area contributed by atoms with Crippen LogP contribution in [0.15, 0.2) is 59.5 Å². The number of hydrogen-bond donors (Lipinski definition) is 1. The molecule has 160 valence electrons. The molecule has 1 aromatic heterocycles. The maximum atomic E-state index is 12.7. The first kappa shape index (κ1) is 22.0. The van der Waals surface area contributed by atoms with Gasteiger partial charge in [-0.1, -0.05) is 30.3 Å². The summed E-state index contributed by atoms with van der Waals surface area (Å²) in [4.78, 5) is 0.188. The van der Waals surface area contributed by atoms with Crippen LogP contribution in [0.2, 0.25) is 0 Å². The molecule has 0 unspecified atom stereocenters. The maximum absolute atomic E-state index is 12.7. The first-order valence-electron chi connectivity index (χ1n) is 9.69. The highest BCUT2D eigenvalue weighted by Gasteiger charge is 2.17. The Hall–Kier alpha value is -2.68. The Morgan fingerprint density at radius 1 is 1.00 bits per heavy atom. The van der Waals surface area contributed by atoms with Crippen LogP contribution >= 0.6 is 0 Å². The van der Waals surface area contributed by atoms with Crippen LogP contribution in [0.5, 0.6) is 5.75 Å². The maximum Gasteiger partial charge on any atom is 0.240 e. The predicted molar refractivity (Wildman–Crippen MR) is 115 cm³/mol. The van der Waals surface area contributed by atoms with Gasteiger partial charge in [-0.15, -0.1) is 0 Å². The number of sulfonamides is 1. The molecule has 30 heavy (non-hydrogen) atoms. The first-order chi connectivity index (χ1) is 14.4. The lowest BCUT2D eigenvalue weighted by Crippen LogP contribution is -2.23. The SMILES string of the molecule is COCCOc1ccc(S(=O)(=O)NCc2c(C)nn(Cc3ccccc3)c2C)cc1. The summed E-state index contributed by atoms with van der Waals surface area (Å²) < 4.78 is 40.4. The fourth-order valence-corrected chi connectivity index (χ4v) is 4.10. The van der Waals surface area contributed by atoms with Crippen LogP contribution in [0.1, 0.15) is 22.5 Å². The summed E-state index contributed by atoms with van der Waals surface area (Å²) in [6.07, 6.45) is 0. The highest BCUT2D eigenvalue weighted by Crippen LogP contribution is 2.18. The highest BCUT2D eigenvalue weighted by atomic mass is 32.2. The van der Waals surface area contributed by atoms with E-state index in [-0.39, 0.29) is 11.4 Å². The zero-order valence-corrected chi connectivity index (χ0v) is 18.3. The van der Waals surface area contributed by atoms with Gasteiger partial charge in [-0.3, -0.25) is 4.68 Å². The minimum Gasteiger partial charge on any atom is -0.491 e. The fourth-order valence-electron chi connectivity index (χ4n) is 3.11. The average Bonchev–Trinajstić information content (AvgIpc) is 3.00. The van der Waals surface area contributed by atoms with E-state index >= 15 is 0 Å². The number of hydrogen-bond acceptors (Lipinski definition) is 5. The molecule has 0 aliphatic rings. The standard InChI is InChI=1S/C22H27N3O4S/c1-17-22(18(2)25(24-17)16-19-7-5-4-6-8-19)15-23-30(26,27)21-11-9-20(10-12-21)29-14-13-28-3/h4-12,23H,13-16H2,1-3H3. The van der Waals surface area contributed by atoms with E-state index in [1.165, 1.54) is 12.1 Å². The number of nitrogens with zero attached hydrogens (tertiary/aromatic N) is 2. The van der Waals surface area contributed by atoms with E-state index in [2.05, 4.69) is 9.82 Å². The van der Waals surface area contributed by atoms with Gasteiger partial charge in [0, 0.05) is 24.9 Å². The first-order valence-corrected chi connectivity index (χ1v) is 11.2. The lowest BCUT2D eigenvalue weighted by atomic mass is 10.2. The Bertz CT molecular complexity index is 1060. The molecule has 8 heteroatoms. The molecule has 0 fully saturated rings. The van der Waals surface area contributed by atoms with Crippen LogP contribution in [-0.4, -0.2) is 38.5 Å². The number of aryl methyl sites for hydroxylation is 1. The Kier molecular flexibility index (Phi) is 7.25. The van der Waals surface area contributed by atoms with Gasteiger partial charge in [0.2, 0.25) is 10.0 Å². The van der Waals surface area contributed by atoms with Crippen molar-refractivity contribution in [2.45, 2.75) is 31.8 Å². The van der Waals surface area contributed by atoms with Crippen molar-refractivity contribution in [3.63, 3.8) is 0 Å². The van der Waals surface area contributed by atoms with Crippen LogP contribution in [-0.2, 0) is 27.8 Å². The van der Waals surface area contributed by atoms with Gasteiger partial charge in [0.05, 0.1) is 23.7 Å². The van der Waals surface area contributed by atoms with Crippen molar-refractivity contribution in [3.8, 4) is 5.75 Å². The van der Waals surface area contributed by atoms with E-state index in [1.807, 2.05) is 48.9 Å². The van der Waals surface area contributed by atoms with E-state index < -0.39 is 10.0 Å². The normalized spacial score (nSPS) is 11.6. The van der Waals surface area contributed by atoms with Gasteiger partial charge in [0.25, 0.3) is 0 Å². The van der Waals surface area contributed by atoms with Crippen LogP contribution in [0, 0.1) is 13.8 Å². The zero-order chi connectivity index (χ0) is 21.6. The summed E-state index contributed by atoms with van der Waals surface area (Å²) in [5.41, 5.74) is 3.78. The second-order valence-corrected chi connectivity index (χ2v) is 8.70. The van der Waals surface area contributed by atoms with Crippen molar-refractivity contribution in [3.05, 3.63) is 77.1 Å². The molecule has 3 rings (SSSR count). The Morgan fingerprint density at radius 2 is 1.70 bits per heavy atom. The van der Waals surface area contributed by atoms with Gasteiger partial charge in [-0.2, -0.15) is 5.10 Å². The summed E-state index contributed by atoms with van der Waals surface area (Å²) in [5.74, 6) is 0.597. The van der Waals surface area contributed by atoms with Crippen LogP contribution in [0.4, 0.5) is 0 Å². The number of aromatic nitrogens is 2. The minimum atomic E-state index is -3.65. The average molecular weight is 430 g/mol. The van der Waals surface area contributed by atoms with Crippen LogP contribution < -0.4 is 9.46 Å². The minimum absolute atomic E-state index is 0.181. The molecule has 0 saturated carbocycles. The smallest absolute Gasteiger partial charge is 0.240 e. The van der Waals surface area contributed by atoms with Gasteiger partial charge < -0.3 is 9.47 Å². The third-order valence-corrected chi connectivity index (χ3v) is 6.25. The molecule has 0 bridgehead atoms. The van der Waals surface area contributed by atoms with Crippen molar-refractivity contribution in [1.82, 2.24) is 14.5 Å². The number of methoxy groups -OCH3 is 1. The molecule has 7 nitrogen and oxygen atoms in total. The van der Waals surface area contributed by atoms with E-state index in [9.17, 15) is 8.42 Å². The predicted octanol–water partition coefficient (Wildman–Crippen LogP) is 3.05. The number of nitrogens with one attached hydrogen (secondary N) is 1. The van der Waals surface area contributed by atoms with Crippen molar-refractivity contribution in [2.24, 2.45) is 0 Å². The number of ether oxygens (including phenoxy) is 2. The second kappa shape index (κ2) is 9.88. The third kappa shape index (κ3) is 5.47. The monoisotopic (exact) mass is 429 g/mol. The molecule has 0 atom stereocenters. The Labute approximate surface area is 177 Å². The van der Waals surface area contributed by atoms with E-state index in [0.717, 1.165) is 22.5 Å². The molecule has 0 amide bonds. The van der Waals surface area contributed by atoms with Crippen molar-refractivity contribution >= 4 is 10.0 Å². The number of benzene rings is 2. The highest BCUT2D eigenvalue weighted by molar-refractivity contribution is 7.89.